The van der Waals surface area contributed by atoms with Gasteiger partial charge in [0.15, 0.2) is 0 Å². The van der Waals surface area contributed by atoms with Crippen LogP contribution >= 0.6 is 0 Å². The van der Waals surface area contributed by atoms with E-state index in [1.807, 2.05) is 11.0 Å². The Morgan fingerprint density at radius 2 is 2.08 bits per heavy atom. The van der Waals surface area contributed by atoms with Crippen molar-refractivity contribution in [2.75, 3.05) is 19.7 Å². The number of rotatable bonds is 2. The summed E-state index contributed by atoms with van der Waals surface area (Å²) in [5.74, 6) is 0.548. The molecule has 0 radical (unpaired) electrons. The monoisotopic (exact) mass is 332 g/mol. The number of morpholine rings is 1. The van der Waals surface area contributed by atoms with Gasteiger partial charge in [0.05, 0.1) is 19.2 Å². The number of hydrogen-bond donors (Lipinski definition) is 1. The number of nitrogens with one attached hydrogen (secondary N) is 1. The lowest BCUT2D eigenvalue weighted by atomic mass is 9.85. The number of ether oxygens (including phenoxy) is 1. The first-order valence-electron chi connectivity index (χ1n) is 9.13. The van der Waals surface area contributed by atoms with E-state index in [-0.39, 0.29) is 23.9 Å². The van der Waals surface area contributed by atoms with Crippen LogP contribution in [0.5, 0.6) is 0 Å². The average Bonchev–Trinajstić information content (AvgIpc) is 3.06. The molecule has 2 aliphatic heterocycles. The second kappa shape index (κ2) is 6.81. The largest absolute Gasteiger partial charge is 0.370 e. The summed E-state index contributed by atoms with van der Waals surface area (Å²) < 4.78 is 19.7. The number of fused-ring (bicyclic) bond motifs is 1. The molecular weight excluding hydrogens is 307 g/mol. The Morgan fingerprint density at radius 3 is 2.92 bits per heavy atom. The van der Waals surface area contributed by atoms with Gasteiger partial charge in [0.1, 0.15) is 11.9 Å². The molecule has 1 amide bonds. The second-order valence-corrected chi connectivity index (χ2v) is 7.27. The molecule has 4 rings (SSSR count). The number of carbonyl (C=O) groups is 1. The van der Waals surface area contributed by atoms with E-state index in [4.69, 9.17) is 4.74 Å². The van der Waals surface area contributed by atoms with Gasteiger partial charge in [-0.05, 0) is 31.2 Å². The van der Waals surface area contributed by atoms with Gasteiger partial charge in [-0.3, -0.25) is 4.79 Å². The van der Waals surface area contributed by atoms with Crippen LogP contribution < -0.4 is 5.32 Å². The first kappa shape index (κ1) is 16.0. The molecule has 1 aliphatic carbocycles. The van der Waals surface area contributed by atoms with Crippen LogP contribution in [0.15, 0.2) is 24.3 Å². The molecule has 130 valence electrons. The Hall–Kier alpha value is -1.46. The van der Waals surface area contributed by atoms with Crippen molar-refractivity contribution in [1.29, 1.82) is 0 Å². The number of nitrogens with zero attached hydrogens (tertiary/aromatic N) is 1. The molecule has 0 spiro atoms. The summed E-state index contributed by atoms with van der Waals surface area (Å²) in [5.41, 5.74) is 0.544. The maximum Gasteiger partial charge on any atom is 0.239 e. The fraction of sp³-hybridized carbons (Fsp3) is 0.632. The lowest BCUT2D eigenvalue weighted by molar-refractivity contribution is -0.141. The number of halogens is 1. The molecule has 1 aromatic carbocycles. The third kappa shape index (κ3) is 3.07. The number of amides is 1. The van der Waals surface area contributed by atoms with E-state index >= 15 is 0 Å². The van der Waals surface area contributed by atoms with Gasteiger partial charge in [-0.15, -0.1) is 0 Å². The summed E-state index contributed by atoms with van der Waals surface area (Å²) in [6, 6.07) is 7.12. The molecule has 3 aliphatic rings. The van der Waals surface area contributed by atoms with Crippen molar-refractivity contribution in [3.63, 3.8) is 0 Å². The van der Waals surface area contributed by atoms with Crippen LogP contribution in [0.2, 0.25) is 0 Å². The molecule has 1 N–H and O–H groups in total. The predicted molar refractivity (Wildman–Crippen MR) is 89.0 cm³/mol. The third-order valence-electron chi connectivity index (χ3n) is 5.79. The molecular formula is C19H25FN2O2. The summed E-state index contributed by atoms with van der Waals surface area (Å²) in [6.45, 7) is 1.49. The van der Waals surface area contributed by atoms with Gasteiger partial charge in [0.2, 0.25) is 5.91 Å². The van der Waals surface area contributed by atoms with Crippen molar-refractivity contribution < 1.29 is 13.9 Å². The topological polar surface area (TPSA) is 41.6 Å². The molecule has 5 heteroatoms. The quantitative estimate of drug-likeness (QED) is 0.905. The van der Waals surface area contributed by atoms with Crippen LogP contribution in [0, 0.1) is 11.7 Å². The highest BCUT2D eigenvalue weighted by Gasteiger charge is 2.40. The molecule has 4 nitrogen and oxygen atoms in total. The summed E-state index contributed by atoms with van der Waals surface area (Å²) >= 11 is 0. The van der Waals surface area contributed by atoms with E-state index in [0.717, 1.165) is 6.42 Å². The minimum atomic E-state index is -0.368. The van der Waals surface area contributed by atoms with Crippen LogP contribution in [0.25, 0.3) is 0 Å². The predicted octanol–water partition coefficient (Wildman–Crippen LogP) is 2.65. The zero-order chi connectivity index (χ0) is 16.5. The molecule has 3 fully saturated rings. The van der Waals surface area contributed by atoms with Gasteiger partial charge in [-0.25, -0.2) is 4.39 Å². The molecule has 24 heavy (non-hydrogen) atoms. The number of carbonyl (C=O) groups excluding carboxylic acids is 1. The van der Waals surface area contributed by atoms with Crippen LogP contribution in [-0.4, -0.2) is 42.6 Å². The molecule has 2 saturated heterocycles. The normalized spacial score (nSPS) is 33.3. The fourth-order valence-electron chi connectivity index (χ4n) is 4.50. The summed E-state index contributed by atoms with van der Waals surface area (Å²) in [6.07, 6.45) is 5.56. The van der Waals surface area contributed by atoms with Crippen LogP contribution in [0.4, 0.5) is 4.39 Å². The van der Waals surface area contributed by atoms with E-state index < -0.39 is 0 Å². The van der Waals surface area contributed by atoms with E-state index in [0.29, 0.717) is 37.2 Å². The Morgan fingerprint density at radius 1 is 1.25 bits per heavy atom. The highest BCUT2D eigenvalue weighted by atomic mass is 19.1. The van der Waals surface area contributed by atoms with Crippen LogP contribution in [-0.2, 0) is 9.53 Å². The van der Waals surface area contributed by atoms with Gasteiger partial charge in [-0.2, -0.15) is 0 Å². The molecule has 0 aromatic heterocycles. The lowest BCUT2D eigenvalue weighted by Gasteiger charge is -2.34. The van der Waals surface area contributed by atoms with E-state index in [1.165, 1.54) is 31.7 Å². The fourth-order valence-corrected chi connectivity index (χ4v) is 4.50. The summed E-state index contributed by atoms with van der Waals surface area (Å²) in [4.78, 5) is 14.8. The van der Waals surface area contributed by atoms with Gasteiger partial charge < -0.3 is 15.0 Å². The van der Waals surface area contributed by atoms with Crippen molar-refractivity contribution in [3.8, 4) is 0 Å². The molecule has 1 saturated carbocycles. The molecule has 4 atom stereocenters. The standard InChI is InChI=1S/C19H25FN2O2/c20-15-7-3-2-6-14(15)18-12-22(9-10-24-18)19(23)17-11-13-5-1-4-8-16(13)21-17/h2-3,6-7,13,16-18,21H,1,4-5,8-12H2. The van der Waals surface area contributed by atoms with E-state index in [2.05, 4.69) is 5.32 Å². The van der Waals surface area contributed by atoms with Crippen molar-refractivity contribution in [1.82, 2.24) is 10.2 Å². The van der Waals surface area contributed by atoms with Crippen molar-refractivity contribution in [2.45, 2.75) is 50.3 Å². The minimum absolute atomic E-state index is 0.0718. The van der Waals surface area contributed by atoms with Crippen molar-refractivity contribution in [2.24, 2.45) is 5.92 Å². The van der Waals surface area contributed by atoms with Crippen molar-refractivity contribution in [3.05, 3.63) is 35.6 Å². The maximum absolute atomic E-state index is 14.0. The zero-order valence-corrected chi connectivity index (χ0v) is 13.9. The smallest absolute Gasteiger partial charge is 0.239 e. The molecule has 2 heterocycles. The highest BCUT2D eigenvalue weighted by molar-refractivity contribution is 5.82. The molecule has 0 bridgehead atoms. The first-order valence-corrected chi connectivity index (χ1v) is 9.13. The summed E-state index contributed by atoms with van der Waals surface area (Å²) in [5, 5.41) is 3.55. The van der Waals surface area contributed by atoms with Crippen LogP contribution in [0.1, 0.15) is 43.8 Å². The average molecular weight is 332 g/mol. The molecule has 1 aromatic rings. The maximum atomic E-state index is 14.0. The van der Waals surface area contributed by atoms with Gasteiger partial charge >= 0.3 is 0 Å². The Kier molecular flexibility index (Phi) is 4.55. The van der Waals surface area contributed by atoms with E-state index in [1.54, 1.807) is 12.1 Å². The Bertz CT molecular complexity index is 595. The van der Waals surface area contributed by atoms with Crippen molar-refractivity contribution >= 4 is 5.91 Å². The van der Waals surface area contributed by atoms with Gasteiger partial charge in [-0.1, -0.05) is 31.0 Å². The minimum Gasteiger partial charge on any atom is -0.370 e. The molecule has 4 unspecified atom stereocenters. The van der Waals surface area contributed by atoms with Gasteiger partial charge in [0, 0.05) is 18.2 Å². The highest BCUT2D eigenvalue weighted by Crippen LogP contribution is 2.34. The number of hydrogen-bond acceptors (Lipinski definition) is 3. The summed E-state index contributed by atoms with van der Waals surface area (Å²) in [7, 11) is 0. The second-order valence-electron chi connectivity index (χ2n) is 7.27. The zero-order valence-electron chi connectivity index (χ0n) is 13.9. The van der Waals surface area contributed by atoms with Gasteiger partial charge in [0.25, 0.3) is 0 Å². The third-order valence-corrected chi connectivity index (χ3v) is 5.79. The van der Waals surface area contributed by atoms with E-state index in [9.17, 15) is 9.18 Å². The number of benzene rings is 1. The first-order chi connectivity index (χ1) is 11.7. The SMILES string of the molecule is O=C(C1CC2CCCCC2N1)N1CCOC(c2ccccc2F)C1. The van der Waals surface area contributed by atoms with Crippen LogP contribution in [0.3, 0.4) is 0 Å². The Balaban J connectivity index is 1.42. The Labute approximate surface area is 142 Å². The lowest BCUT2D eigenvalue weighted by Crippen LogP contribution is -2.50.